The first-order chi connectivity index (χ1) is 12.5. The van der Waals surface area contributed by atoms with E-state index in [0.717, 1.165) is 5.56 Å². The van der Waals surface area contributed by atoms with Gasteiger partial charge in [-0.25, -0.2) is 4.39 Å². The highest BCUT2D eigenvalue weighted by atomic mass is 35.5. The Labute approximate surface area is 157 Å². The minimum Gasteiger partial charge on any atom is -0.371 e. The molecule has 1 aliphatic heterocycles. The van der Waals surface area contributed by atoms with Crippen molar-refractivity contribution in [2.75, 3.05) is 19.7 Å². The fourth-order valence-corrected chi connectivity index (χ4v) is 3.16. The Morgan fingerprint density at radius 1 is 1.31 bits per heavy atom. The average Bonchev–Trinajstić information content (AvgIpc) is 2.67. The Hall–Kier alpha value is -1.95. The third-order valence-corrected chi connectivity index (χ3v) is 4.93. The lowest BCUT2D eigenvalue weighted by Gasteiger charge is -2.36. The molecule has 138 valence electrons. The van der Waals surface area contributed by atoms with Gasteiger partial charge in [0.2, 0.25) is 5.91 Å². The van der Waals surface area contributed by atoms with Crippen molar-refractivity contribution < 1.29 is 13.9 Å². The molecule has 0 aliphatic carbocycles. The van der Waals surface area contributed by atoms with Crippen LogP contribution in [0.15, 0.2) is 48.5 Å². The zero-order valence-corrected chi connectivity index (χ0v) is 15.4. The third-order valence-electron chi connectivity index (χ3n) is 4.68. The van der Waals surface area contributed by atoms with Gasteiger partial charge < -0.3 is 10.1 Å². The standard InChI is InChI=1S/C20H22ClFN2O2/c1-14(20(25)23-12-16-4-2-3-5-18(16)22)24-10-11-26-19(13-24)15-6-8-17(21)9-7-15/h2-9,14,19H,10-13H2,1H3,(H,23,25). The zero-order chi connectivity index (χ0) is 18.5. The third kappa shape index (κ3) is 4.61. The smallest absolute Gasteiger partial charge is 0.237 e. The molecule has 0 radical (unpaired) electrons. The highest BCUT2D eigenvalue weighted by molar-refractivity contribution is 6.30. The van der Waals surface area contributed by atoms with Crippen LogP contribution in [0.2, 0.25) is 5.02 Å². The number of carbonyl (C=O) groups is 1. The number of carbonyl (C=O) groups excluding carboxylic acids is 1. The normalized spacial score (nSPS) is 19.1. The van der Waals surface area contributed by atoms with Crippen LogP contribution >= 0.6 is 11.6 Å². The summed E-state index contributed by atoms with van der Waals surface area (Å²) >= 11 is 5.94. The van der Waals surface area contributed by atoms with Crippen LogP contribution in [0.25, 0.3) is 0 Å². The van der Waals surface area contributed by atoms with Crippen LogP contribution in [0.1, 0.15) is 24.2 Å². The Kier molecular flexibility index (Phi) is 6.25. The van der Waals surface area contributed by atoms with E-state index in [1.54, 1.807) is 18.2 Å². The molecular weight excluding hydrogens is 355 g/mol. The van der Waals surface area contributed by atoms with E-state index in [1.807, 2.05) is 31.2 Å². The van der Waals surface area contributed by atoms with E-state index in [-0.39, 0.29) is 30.4 Å². The van der Waals surface area contributed by atoms with E-state index < -0.39 is 0 Å². The van der Waals surface area contributed by atoms with E-state index in [1.165, 1.54) is 6.07 Å². The van der Waals surface area contributed by atoms with Crippen LogP contribution < -0.4 is 5.32 Å². The molecule has 1 fully saturated rings. The summed E-state index contributed by atoms with van der Waals surface area (Å²) in [5.41, 5.74) is 1.52. The number of benzene rings is 2. The van der Waals surface area contributed by atoms with E-state index >= 15 is 0 Å². The number of hydrogen-bond acceptors (Lipinski definition) is 3. The maximum atomic E-state index is 13.7. The summed E-state index contributed by atoms with van der Waals surface area (Å²) in [4.78, 5) is 14.6. The summed E-state index contributed by atoms with van der Waals surface area (Å²) < 4.78 is 19.5. The van der Waals surface area contributed by atoms with Gasteiger partial charge in [-0.1, -0.05) is 41.9 Å². The fourth-order valence-electron chi connectivity index (χ4n) is 3.04. The second kappa shape index (κ2) is 8.62. The molecule has 6 heteroatoms. The predicted octanol–water partition coefficient (Wildman–Crippen LogP) is 3.56. The highest BCUT2D eigenvalue weighted by Crippen LogP contribution is 2.24. The molecule has 4 nitrogen and oxygen atoms in total. The second-order valence-electron chi connectivity index (χ2n) is 6.39. The number of amides is 1. The molecule has 26 heavy (non-hydrogen) atoms. The summed E-state index contributed by atoms with van der Waals surface area (Å²) in [6, 6.07) is 13.7. The van der Waals surface area contributed by atoms with Gasteiger partial charge in [0.25, 0.3) is 0 Å². The number of rotatable bonds is 5. The molecule has 0 aromatic heterocycles. The SMILES string of the molecule is CC(C(=O)NCc1ccccc1F)N1CCOC(c2ccc(Cl)cc2)C1. The summed E-state index contributed by atoms with van der Waals surface area (Å²) in [5, 5.41) is 3.50. The summed E-state index contributed by atoms with van der Waals surface area (Å²) in [6.45, 7) is 3.90. The Balaban J connectivity index is 1.58. The second-order valence-corrected chi connectivity index (χ2v) is 6.83. The lowest BCUT2D eigenvalue weighted by Crippen LogP contribution is -2.50. The maximum Gasteiger partial charge on any atom is 0.237 e. The molecule has 1 aliphatic rings. The Bertz CT molecular complexity index is 754. The molecule has 0 bridgehead atoms. The minimum atomic E-state index is -0.319. The van der Waals surface area contributed by atoms with Gasteiger partial charge in [0.15, 0.2) is 0 Å². The molecule has 0 spiro atoms. The number of ether oxygens (including phenoxy) is 1. The van der Waals surface area contributed by atoms with E-state index in [0.29, 0.717) is 30.3 Å². The van der Waals surface area contributed by atoms with Crippen LogP contribution in [0.5, 0.6) is 0 Å². The largest absolute Gasteiger partial charge is 0.371 e. The fraction of sp³-hybridized carbons (Fsp3) is 0.350. The number of halogens is 2. The first kappa shape index (κ1) is 18.8. The number of nitrogens with one attached hydrogen (secondary N) is 1. The van der Waals surface area contributed by atoms with Crippen LogP contribution in [0.4, 0.5) is 4.39 Å². The molecule has 1 heterocycles. The van der Waals surface area contributed by atoms with Crippen LogP contribution in [-0.4, -0.2) is 36.5 Å². The lowest BCUT2D eigenvalue weighted by molar-refractivity contribution is -0.129. The summed E-state index contributed by atoms with van der Waals surface area (Å²) in [7, 11) is 0. The van der Waals surface area contributed by atoms with E-state index in [4.69, 9.17) is 16.3 Å². The molecule has 3 rings (SSSR count). The Morgan fingerprint density at radius 2 is 2.04 bits per heavy atom. The topological polar surface area (TPSA) is 41.6 Å². The van der Waals surface area contributed by atoms with Crippen molar-refractivity contribution in [2.24, 2.45) is 0 Å². The molecule has 2 aromatic carbocycles. The van der Waals surface area contributed by atoms with Crippen molar-refractivity contribution >= 4 is 17.5 Å². The molecule has 1 N–H and O–H groups in total. The minimum absolute atomic E-state index is 0.0946. The lowest BCUT2D eigenvalue weighted by atomic mass is 10.1. The van der Waals surface area contributed by atoms with Crippen LogP contribution in [0, 0.1) is 5.82 Å². The van der Waals surface area contributed by atoms with Crippen LogP contribution in [-0.2, 0) is 16.1 Å². The average molecular weight is 377 g/mol. The van der Waals surface area contributed by atoms with Gasteiger partial charge >= 0.3 is 0 Å². The number of morpholine rings is 1. The van der Waals surface area contributed by atoms with Gasteiger partial charge in [-0.05, 0) is 30.7 Å². The first-order valence-corrected chi connectivity index (χ1v) is 9.04. The van der Waals surface area contributed by atoms with Crippen LogP contribution in [0.3, 0.4) is 0 Å². The quantitative estimate of drug-likeness (QED) is 0.867. The van der Waals surface area contributed by atoms with Gasteiger partial charge in [0.1, 0.15) is 5.82 Å². The van der Waals surface area contributed by atoms with Crippen molar-refractivity contribution in [1.29, 1.82) is 0 Å². The van der Waals surface area contributed by atoms with Gasteiger partial charge in [0.05, 0.1) is 18.8 Å². The van der Waals surface area contributed by atoms with Gasteiger partial charge in [-0.15, -0.1) is 0 Å². The maximum absolute atomic E-state index is 13.7. The molecule has 0 saturated carbocycles. The summed E-state index contributed by atoms with van der Waals surface area (Å²) in [6.07, 6.45) is -0.0946. The van der Waals surface area contributed by atoms with Crippen molar-refractivity contribution in [3.8, 4) is 0 Å². The summed E-state index contributed by atoms with van der Waals surface area (Å²) in [5.74, 6) is -0.431. The van der Waals surface area contributed by atoms with E-state index in [9.17, 15) is 9.18 Å². The predicted molar refractivity (Wildman–Crippen MR) is 99.4 cm³/mol. The van der Waals surface area contributed by atoms with Crippen molar-refractivity contribution in [3.05, 3.63) is 70.5 Å². The van der Waals surface area contributed by atoms with Gasteiger partial charge in [-0.2, -0.15) is 0 Å². The molecule has 2 aromatic rings. The Morgan fingerprint density at radius 3 is 2.77 bits per heavy atom. The number of nitrogens with zero attached hydrogens (tertiary/aromatic N) is 1. The van der Waals surface area contributed by atoms with Crippen molar-refractivity contribution in [3.63, 3.8) is 0 Å². The molecular formula is C20H22ClFN2O2. The molecule has 2 atom stereocenters. The van der Waals surface area contributed by atoms with E-state index in [2.05, 4.69) is 10.2 Å². The number of hydrogen-bond donors (Lipinski definition) is 1. The monoisotopic (exact) mass is 376 g/mol. The molecule has 1 amide bonds. The van der Waals surface area contributed by atoms with Crippen molar-refractivity contribution in [1.82, 2.24) is 10.2 Å². The molecule has 1 saturated heterocycles. The highest BCUT2D eigenvalue weighted by Gasteiger charge is 2.28. The van der Waals surface area contributed by atoms with Gasteiger partial charge in [-0.3, -0.25) is 9.69 Å². The zero-order valence-electron chi connectivity index (χ0n) is 14.6. The molecule has 2 unspecified atom stereocenters. The van der Waals surface area contributed by atoms with Gasteiger partial charge in [0, 0.05) is 30.2 Å². The van der Waals surface area contributed by atoms with Crippen molar-refractivity contribution in [2.45, 2.75) is 25.6 Å². The first-order valence-electron chi connectivity index (χ1n) is 8.67.